The molecule has 5 aliphatic rings. The van der Waals surface area contributed by atoms with Crippen LogP contribution >= 0.6 is 0 Å². The van der Waals surface area contributed by atoms with Gasteiger partial charge in [0.25, 0.3) is 0 Å². The van der Waals surface area contributed by atoms with Gasteiger partial charge in [0.2, 0.25) is 0 Å². The molecule has 2 saturated carbocycles. The molecule has 0 bridgehead atoms. The molecule has 1 aromatic heterocycles. The van der Waals surface area contributed by atoms with Gasteiger partial charge in [-0.3, -0.25) is 9.89 Å². The Balaban J connectivity index is 0.893. The van der Waals surface area contributed by atoms with Gasteiger partial charge in [0.05, 0.1) is 17.9 Å². The summed E-state index contributed by atoms with van der Waals surface area (Å²) in [5, 5.41) is 6.12. The molecule has 2 aliphatic carbocycles. The normalized spacial score (nSPS) is 28.1. The lowest BCUT2D eigenvalue weighted by Crippen LogP contribution is -2.38. The van der Waals surface area contributed by atoms with Gasteiger partial charge in [-0.25, -0.2) is 9.78 Å². The second-order valence-electron chi connectivity index (χ2n) is 14.7. The maximum Gasteiger partial charge on any atom is 0.411 e. The Morgan fingerprint density at radius 1 is 0.867 bits per heavy atom. The van der Waals surface area contributed by atoms with Crippen LogP contribution in [0.2, 0.25) is 0 Å². The largest absolute Gasteiger partial charge is 0.444 e. The van der Waals surface area contributed by atoms with Crippen molar-refractivity contribution in [2.75, 3.05) is 0 Å². The smallest absolute Gasteiger partial charge is 0.411 e. The van der Waals surface area contributed by atoms with Gasteiger partial charge in [-0.2, -0.15) is 0 Å². The minimum Gasteiger partial charge on any atom is -0.444 e. The van der Waals surface area contributed by atoms with Crippen LogP contribution in [0, 0.1) is 11.8 Å². The fourth-order valence-electron chi connectivity index (χ4n) is 7.81. The number of benzene rings is 3. The maximum absolute atomic E-state index is 13.0. The van der Waals surface area contributed by atoms with Gasteiger partial charge in [0.1, 0.15) is 11.4 Å². The van der Waals surface area contributed by atoms with Crippen molar-refractivity contribution in [2.24, 2.45) is 16.8 Å². The number of aromatic amines is 1. The van der Waals surface area contributed by atoms with Gasteiger partial charge in [0, 0.05) is 42.0 Å². The summed E-state index contributed by atoms with van der Waals surface area (Å²) in [6, 6.07) is 23.6. The number of likely N-dealkylation sites (tertiary alicyclic amines) is 1. The van der Waals surface area contributed by atoms with E-state index in [1.165, 1.54) is 51.6 Å². The van der Waals surface area contributed by atoms with Crippen LogP contribution in [0.5, 0.6) is 0 Å². The molecule has 1 amide bonds. The standard InChI is InChI=1S/C38H39N5O2/c1-38(2,3)45-37(44)43-34-17-28(34)18-35(43)36-40-20-33(42-36)26-11-10-24-12-23(8-9-25(24)13-26)21-4-6-22(7-5-21)29-16-31(39-19-29)32-15-27-14-30(27)41-32/h4-13,19-20,27-28,30,32,34-35,41H,14-18H2,1-3H3,(H,40,42)/t27-,28-,30-,32+,34-,35?/m1/s1. The van der Waals surface area contributed by atoms with Gasteiger partial charge in [-0.1, -0.05) is 48.5 Å². The molecule has 4 fully saturated rings. The van der Waals surface area contributed by atoms with Gasteiger partial charge in [0.15, 0.2) is 0 Å². The summed E-state index contributed by atoms with van der Waals surface area (Å²) in [4.78, 5) is 28.0. The van der Waals surface area contributed by atoms with Crippen LogP contribution < -0.4 is 5.32 Å². The van der Waals surface area contributed by atoms with Crippen molar-refractivity contribution < 1.29 is 9.53 Å². The van der Waals surface area contributed by atoms with E-state index in [1.807, 2.05) is 31.9 Å². The van der Waals surface area contributed by atoms with E-state index < -0.39 is 5.60 Å². The molecule has 4 heterocycles. The van der Waals surface area contributed by atoms with Crippen LogP contribution in [0.25, 0.3) is 38.7 Å². The fourth-order valence-corrected chi connectivity index (χ4v) is 7.81. The van der Waals surface area contributed by atoms with Crippen LogP contribution in [-0.2, 0) is 4.74 Å². The SMILES string of the molecule is CC(C)(C)OC(=O)N1C(c2ncc(-c3ccc4cc(-c5ccc(C6=CN=C([C@@H]7C[C@H]8C[C@H]8N7)C6)cc5)ccc4c3)[nH]2)C[C@H]2C[C@H]21. The number of carbonyl (C=O) groups is 1. The molecule has 0 radical (unpaired) electrons. The Hall–Kier alpha value is -4.23. The molecule has 6 atom stereocenters. The minimum atomic E-state index is -0.517. The monoisotopic (exact) mass is 597 g/mol. The minimum absolute atomic E-state index is 0.0684. The van der Waals surface area contributed by atoms with Crippen molar-refractivity contribution >= 4 is 28.2 Å². The molecule has 2 N–H and O–H groups in total. The second-order valence-corrected chi connectivity index (χ2v) is 14.7. The zero-order valence-corrected chi connectivity index (χ0v) is 26.1. The van der Waals surface area contributed by atoms with Gasteiger partial charge in [-0.15, -0.1) is 0 Å². The Bertz CT molecular complexity index is 1890. The first kappa shape index (κ1) is 27.1. The van der Waals surface area contributed by atoms with Crippen LogP contribution in [0.3, 0.4) is 0 Å². The summed E-state index contributed by atoms with van der Waals surface area (Å²) in [6.45, 7) is 5.75. The number of allylic oxidation sites excluding steroid dienone is 1. The average molecular weight is 598 g/mol. The van der Waals surface area contributed by atoms with Crippen molar-refractivity contribution in [1.82, 2.24) is 20.2 Å². The second kappa shape index (κ2) is 9.88. The predicted molar refractivity (Wildman–Crippen MR) is 178 cm³/mol. The van der Waals surface area contributed by atoms with Crippen LogP contribution in [0.1, 0.15) is 70.3 Å². The topological polar surface area (TPSA) is 82.6 Å². The van der Waals surface area contributed by atoms with Crippen LogP contribution in [0.4, 0.5) is 4.79 Å². The molecule has 1 unspecified atom stereocenters. The average Bonchev–Trinajstić information content (AvgIpc) is 3.60. The number of amides is 1. The lowest BCUT2D eigenvalue weighted by molar-refractivity contribution is 0.0175. The van der Waals surface area contributed by atoms with E-state index in [2.05, 4.69) is 77.2 Å². The molecule has 45 heavy (non-hydrogen) atoms. The van der Waals surface area contributed by atoms with Gasteiger partial charge >= 0.3 is 6.09 Å². The highest BCUT2D eigenvalue weighted by atomic mass is 16.6. The van der Waals surface area contributed by atoms with E-state index in [-0.39, 0.29) is 18.2 Å². The van der Waals surface area contributed by atoms with E-state index in [1.54, 1.807) is 0 Å². The third-order valence-corrected chi connectivity index (χ3v) is 10.4. The lowest BCUT2D eigenvalue weighted by atomic mass is 9.95. The lowest BCUT2D eigenvalue weighted by Gasteiger charge is -2.29. The number of nitrogens with one attached hydrogen (secondary N) is 2. The number of carbonyl (C=O) groups excluding carboxylic acids is 1. The number of aliphatic imine (C=N–C) groups is 1. The molecule has 2 saturated heterocycles. The third-order valence-electron chi connectivity index (χ3n) is 10.4. The molecule has 228 valence electrons. The Labute approximate surface area is 263 Å². The number of hydrogen-bond donors (Lipinski definition) is 2. The number of rotatable bonds is 5. The molecule has 0 spiro atoms. The van der Waals surface area contributed by atoms with Crippen LogP contribution in [-0.4, -0.2) is 50.4 Å². The summed E-state index contributed by atoms with van der Waals surface area (Å²) in [7, 11) is 0. The Kier molecular flexibility index (Phi) is 5.95. The summed E-state index contributed by atoms with van der Waals surface area (Å²) in [6.07, 6.45) is 9.28. The Morgan fingerprint density at radius 3 is 2.36 bits per heavy atom. The predicted octanol–water partition coefficient (Wildman–Crippen LogP) is 7.90. The first-order valence-corrected chi connectivity index (χ1v) is 16.5. The zero-order valence-electron chi connectivity index (χ0n) is 26.1. The highest BCUT2D eigenvalue weighted by molar-refractivity contribution is 6.02. The summed E-state index contributed by atoms with van der Waals surface area (Å²) >= 11 is 0. The number of ether oxygens (including phenoxy) is 1. The van der Waals surface area contributed by atoms with Gasteiger partial charge < -0.3 is 15.0 Å². The molecular formula is C38H39N5O2. The van der Waals surface area contributed by atoms with E-state index in [0.717, 1.165) is 48.3 Å². The summed E-state index contributed by atoms with van der Waals surface area (Å²) in [5.41, 5.74) is 7.83. The molecule has 3 aromatic carbocycles. The number of aromatic nitrogens is 2. The highest BCUT2D eigenvalue weighted by Crippen LogP contribution is 2.53. The molecule has 9 rings (SSSR count). The third kappa shape index (κ3) is 4.98. The maximum atomic E-state index is 13.0. The van der Waals surface area contributed by atoms with E-state index in [9.17, 15) is 4.79 Å². The molecular weight excluding hydrogens is 558 g/mol. The number of hydrogen-bond acceptors (Lipinski definition) is 5. The first-order chi connectivity index (χ1) is 21.8. The quantitative estimate of drug-likeness (QED) is 0.245. The fraction of sp³-hybridized carbons (Fsp3) is 0.395. The summed E-state index contributed by atoms with van der Waals surface area (Å²) in [5.74, 6) is 2.27. The van der Waals surface area contributed by atoms with Gasteiger partial charge in [-0.05, 0) is 103 Å². The first-order valence-electron chi connectivity index (χ1n) is 16.5. The molecule has 7 heteroatoms. The van der Waals surface area contributed by atoms with Crippen LogP contribution in [0.15, 0.2) is 78.1 Å². The number of H-pyrrole nitrogens is 1. The highest BCUT2D eigenvalue weighted by Gasteiger charge is 2.56. The Morgan fingerprint density at radius 2 is 1.60 bits per heavy atom. The number of piperidine rings is 2. The van der Waals surface area contributed by atoms with E-state index in [0.29, 0.717) is 12.0 Å². The van der Waals surface area contributed by atoms with Crippen molar-refractivity contribution in [3.63, 3.8) is 0 Å². The number of imidazole rings is 1. The van der Waals surface area contributed by atoms with Crippen molar-refractivity contribution in [2.45, 2.75) is 82.6 Å². The van der Waals surface area contributed by atoms with Crippen molar-refractivity contribution in [3.8, 4) is 22.4 Å². The summed E-state index contributed by atoms with van der Waals surface area (Å²) < 4.78 is 5.74. The van der Waals surface area contributed by atoms with Crippen molar-refractivity contribution in [3.05, 3.63) is 84.4 Å². The number of fused-ring (bicyclic) bond motifs is 3. The van der Waals surface area contributed by atoms with Crippen molar-refractivity contribution in [1.29, 1.82) is 0 Å². The molecule has 7 nitrogen and oxygen atoms in total. The van der Waals surface area contributed by atoms with E-state index in [4.69, 9.17) is 14.7 Å². The molecule has 3 aliphatic heterocycles. The zero-order chi connectivity index (χ0) is 30.4. The molecule has 4 aromatic rings. The van der Waals surface area contributed by atoms with E-state index >= 15 is 0 Å². The number of nitrogens with zero attached hydrogens (tertiary/aromatic N) is 3.